The number of nitrogens with zero attached hydrogens (tertiary/aromatic N) is 5. The molecule has 0 N–H and O–H groups in total. The Morgan fingerprint density at radius 2 is 2.15 bits per heavy atom. The lowest BCUT2D eigenvalue weighted by molar-refractivity contribution is 0.178. The molecule has 0 amide bonds. The van der Waals surface area contributed by atoms with Gasteiger partial charge in [0, 0.05) is 30.2 Å². The fourth-order valence-electron chi connectivity index (χ4n) is 2.70. The molecule has 1 aromatic carbocycles. The fraction of sp³-hybridized carbons (Fsp3) is 0.462. The quantitative estimate of drug-likeness (QED) is 0.841. The van der Waals surface area contributed by atoms with Gasteiger partial charge in [-0.3, -0.25) is 4.90 Å². The van der Waals surface area contributed by atoms with Crippen LogP contribution in [0, 0.1) is 5.82 Å². The van der Waals surface area contributed by atoms with E-state index in [1.807, 2.05) is 14.0 Å². The van der Waals surface area contributed by atoms with Crippen molar-refractivity contribution >= 4 is 15.9 Å². The Labute approximate surface area is 124 Å². The summed E-state index contributed by atoms with van der Waals surface area (Å²) in [6, 6.07) is 3.35. The van der Waals surface area contributed by atoms with Crippen LogP contribution in [0.1, 0.15) is 29.9 Å². The summed E-state index contributed by atoms with van der Waals surface area (Å²) >= 11 is 3.50. The monoisotopic (exact) mass is 339 g/mol. The van der Waals surface area contributed by atoms with Gasteiger partial charge in [0.2, 0.25) is 0 Å². The number of fused-ring (bicyclic) bond motifs is 1. The Kier molecular flexibility index (Phi) is 3.55. The Hall–Kier alpha value is -1.34. The summed E-state index contributed by atoms with van der Waals surface area (Å²) < 4.78 is 16.7. The Balaban J connectivity index is 1.89. The SMILES string of the molecule is C[C@@H](c1nnnn1C)N1CCc2c(Br)ccc(F)c2C1. The zero-order valence-corrected chi connectivity index (χ0v) is 12.9. The lowest BCUT2D eigenvalue weighted by Crippen LogP contribution is -2.34. The van der Waals surface area contributed by atoms with Crippen molar-refractivity contribution in [3.63, 3.8) is 0 Å². The highest BCUT2D eigenvalue weighted by molar-refractivity contribution is 9.10. The molecule has 0 saturated heterocycles. The zero-order valence-electron chi connectivity index (χ0n) is 11.3. The van der Waals surface area contributed by atoms with Crippen LogP contribution in [-0.2, 0) is 20.0 Å². The van der Waals surface area contributed by atoms with Crippen LogP contribution in [0.4, 0.5) is 4.39 Å². The Bertz CT molecular complexity index is 642. The number of halogens is 2. The summed E-state index contributed by atoms with van der Waals surface area (Å²) in [5, 5.41) is 11.6. The molecule has 0 spiro atoms. The van der Waals surface area contributed by atoms with E-state index in [2.05, 4.69) is 36.4 Å². The molecule has 2 heterocycles. The molecule has 106 valence electrons. The van der Waals surface area contributed by atoms with Crippen LogP contribution in [-0.4, -0.2) is 31.7 Å². The second-order valence-electron chi connectivity index (χ2n) is 5.04. The predicted octanol–water partition coefficient (Wildman–Crippen LogP) is 2.23. The van der Waals surface area contributed by atoms with Gasteiger partial charge in [-0.05, 0) is 41.5 Å². The normalized spacial score (nSPS) is 17.0. The van der Waals surface area contributed by atoms with E-state index in [1.54, 1.807) is 10.7 Å². The first-order valence-corrected chi connectivity index (χ1v) is 7.29. The van der Waals surface area contributed by atoms with Gasteiger partial charge in [-0.15, -0.1) is 5.10 Å². The van der Waals surface area contributed by atoms with E-state index in [0.29, 0.717) is 6.54 Å². The van der Waals surface area contributed by atoms with Crippen LogP contribution < -0.4 is 0 Å². The minimum absolute atomic E-state index is 0.0570. The van der Waals surface area contributed by atoms with Crippen molar-refractivity contribution in [2.24, 2.45) is 7.05 Å². The first kappa shape index (κ1) is 13.6. The zero-order chi connectivity index (χ0) is 14.3. The molecule has 1 aliphatic heterocycles. The molecule has 1 atom stereocenters. The van der Waals surface area contributed by atoms with Crippen molar-refractivity contribution < 1.29 is 4.39 Å². The summed E-state index contributed by atoms with van der Waals surface area (Å²) in [5.41, 5.74) is 1.84. The van der Waals surface area contributed by atoms with Crippen molar-refractivity contribution in [3.05, 3.63) is 39.4 Å². The molecular weight excluding hydrogens is 325 g/mol. The number of aromatic nitrogens is 4. The number of hydrogen-bond donors (Lipinski definition) is 0. The number of hydrogen-bond acceptors (Lipinski definition) is 4. The molecule has 1 aromatic heterocycles. The van der Waals surface area contributed by atoms with Gasteiger partial charge in [0.25, 0.3) is 0 Å². The van der Waals surface area contributed by atoms with Crippen molar-refractivity contribution in [2.45, 2.75) is 25.9 Å². The molecule has 0 saturated carbocycles. The number of aryl methyl sites for hydroxylation is 1. The molecule has 0 unspecified atom stereocenters. The van der Waals surface area contributed by atoms with Crippen molar-refractivity contribution in [3.8, 4) is 0 Å². The molecule has 0 radical (unpaired) electrons. The third-order valence-electron chi connectivity index (χ3n) is 3.90. The molecule has 3 rings (SSSR count). The fourth-order valence-corrected chi connectivity index (χ4v) is 3.27. The third-order valence-corrected chi connectivity index (χ3v) is 4.64. The van der Waals surface area contributed by atoms with Crippen LogP contribution in [0.15, 0.2) is 16.6 Å². The van der Waals surface area contributed by atoms with E-state index in [9.17, 15) is 4.39 Å². The molecule has 2 aromatic rings. The van der Waals surface area contributed by atoms with Crippen LogP contribution in [0.25, 0.3) is 0 Å². The lowest BCUT2D eigenvalue weighted by Gasteiger charge is -2.33. The van der Waals surface area contributed by atoms with Gasteiger partial charge in [0.1, 0.15) is 5.82 Å². The minimum Gasteiger partial charge on any atom is -0.289 e. The van der Waals surface area contributed by atoms with Crippen molar-refractivity contribution in [2.75, 3.05) is 6.54 Å². The van der Waals surface area contributed by atoms with Gasteiger partial charge in [-0.1, -0.05) is 15.9 Å². The molecule has 1 aliphatic rings. The van der Waals surface area contributed by atoms with Crippen LogP contribution in [0.5, 0.6) is 0 Å². The summed E-state index contributed by atoms with van der Waals surface area (Å²) in [6.45, 7) is 3.49. The van der Waals surface area contributed by atoms with Crippen LogP contribution >= 0.6 is 15.9 Å². The van der Waals surface area contributed by atoms with E-state index < -0.39 is 0 Å². The van der Waals surface area contributed by atoms with Crippen LogP contribution in [0.3, 0.4) is 0 Å². The first-order valence-electron chi connectivity index (χ1n) is 6.50. The molecular formula is C13H15BrFN5. The predicted molar refractivity (Wildman–Crippen MR) is 75.4 cm³/mol. The first-order chi connectivity index (χ1) is 9.58. The number of benzene rings is 1. The van der Waals surface area contributed by atoms with E-state index in [0.717, 1.165) is 34.4 Å². The van der Waals surface area contributed by atoms with E-state index in [4.69, 9.17) is 0 Å². The van der Waals surface area contributed by atoms with Gasteiger partial charge in [-0.2, -0.15) is 0 Å². The summed E-state index contributed by atoms with van der Waals surface area (Å²) in [6.07, 6.45) is 0.823. The second kappa shape index (κ2) is 5.21. The molecule has 7 heteroatoms. The number of rotatable bonds is 2. The highest BCUT2D eigenvalue weighted by atomic mass is 79.9. The molecule has 0 aliphatic carbocycles. The standard InChI is InChI=1S/C13H15BrFN5/c1-8(13-16-17-18-19(13)2)20-6-5-9-10(7-20)12(15)4-3-11(9)14/h3-4,8H,5-7H2,1-2H3/t8-/m0/s1. The van der Waals surface area contributed by atoms with E-state index in [1.165, 1.54) is 6.07 Å². The number of tetrazole rings is 1. The molecule has 20 heavy (non-hydrogen) atoms. The van der Waals surface area contributed by atoms with E-state index in [-0.39, 0.29) is 11.9 Å². The Morgan fingerprint density at radius 3 is 2.85 bits per heavy atom. The minimum atomic E-state index is -0.142. The average molecular weight is 340 g/mol. The average Bonchev–Trinajstić information content (AvgIpc) is 2.88. The largest absolute Gasteiger partial charge is 0.289 e. The molecule has 0 fully saturated rings. The smallest absolute Gasteiger partial charge is 0.167 e. The maximum atomic E-state index is 14.0. The van der Waals surface area contributed by atoms with E-state index >= 15 is 0 Å². The molecule has 0 bridgehead atoms. The maximum absolute atomic E-state index is 14.0. The summed E-state index contributed by atoms with van der Waals surface area (Å²) in [4.78, 5) is 2.20. The van der Waals surface area contributed by atoms with Gasteiger partial charge in [0.05, 0.1) is 6.04 Å². The second-order valence-corrected chi connectivity index (χ2v) is 5.90. The summed E-state index contributed by atoms with van der Waals surface area (Å²) in [5.74, 6) is 0.653. The Morgan fingerprint density at radius 1 is 1.35 bits per heavy atom. The van der Waals surface area contributed by atoms with Crippen LogP contribution in [0.2, 0.25) is 0 Å². The molecule has 5 nitrogen and oxygen atoms in total. The third kappa shape index (κ3) is 2.25. The highest BCUT2D eigenvalue weighted by Crippen LogP contribution is 2.31. The maximum Gasteiger partial charge on any atom is 0.167 e. The van der Waals surface area contributed by atoms with Gasteiger partial charge >= 0.3 is 0 Å². The van der Waals surface area contributed by atoms with Gasteiger partial charge in [-0.25, -0.2) is 9.07 Å². The van der Waals surface area contributed by atoms with Gasteiger partial charge in [0.15, 0.2) is 5.82 Å². The van der Waals surface area contributed by atoms with Crippen molar-refractivity contribution in [1.82, 2.24) is 25.1 Å². The topological polar surface area (TPSA) is 46.8 Å². The summed E-state index contributed by atoms with van der Waals surface area (Å²) in [7, 11) is 1.82. The van der Waals surface area contributed by atoms with Gasteiger partial charge < -0.3 is 0 Å². The van der Waals surface area contributed by atoms with Crippen molar-refractivity contribution in [1.29, 1.82) is 0 Å². The highest BCUT2D eigenvalue weighted by Gasteiger charge is 2.27. The lowest BCUT2D eigenvalue weighted by atomic mass is 9.98.